The lowest BCUT2D eigenvalue weighted by Gasteiger charge is -2.07. The van der Waals surface area contributed by atoms with Crippen LogP contribution in [-0.2, 0) is 0 Å². The van der Waals surface area contributed by atoms with Crippen molar-refractivity contribution in [2.45, 2.75) is 27.2 Å². The molecule has 0 saturated carbocycles. The average molecular weight is 126 g/mol. The predicted molar refractivity (Wildman–Crippen MR) is 40.6 cm³/mol. The monoisotopic (exact) mass is 126 g/mol. The van der Waals surface area contributed by atoms with Crippen LogP contribution in [0.15, 0.2) is 0 Å². The summed E-state index contributed by atoms with van der Waals surface area (Å²) in [5.74, 6) is 0.0509. The van der Waals surface area contributed by atoms with Crippen LogP contribution in [0.3, 0.4) is 0 Å². The van der Waals surface area contributed by atoms with Crippen molar-refractivity contribution in [1.29, 1.82) is 10.8 Å². The highest BCUT2D eigenvalue weighted by molar-refractivity contribution is 6.03. The molecule has 0 rings (SSSR count). The maximum Gasteiger partial charge on any atom is 0.0312 e. The Morgan fingerprint density at radius 1 is 1.44 bits per heavy atom. The van der Waals surface area contributed by atoms with Gasteiger partial charge in [0.25, 0.3) is 0 Å². The van der Waals surface area contributed by atoms with Gasteiger partial charge >= 0.3 is 0 Å². The van der Waals surface area contributed by atoms with E-state index in [9.17, 15) is 0 Å². The van der Waals surface area contributed by atoms with E-state index in [1.165, 1.54) is 0 Å². The number of hydrogen-bond donors (Lipinski definition) is 2. The fourth-order valence-electron chi connectivity index (χ4n) is 0.568. The lowest BCUT2D eigenvalue weighted by molar-refractivity contribution is 0.973. The van der Waals surface area contributed by atoms with Gasteiger partial charge in [-0.1, -0.05) is 13.8 Å². The van der Waals surface area contributed by atoms with Crippen LogP contribution in [0, 0.1) is 16.7 Å². The van der Waals surface area contributed by atoms with Gasteiger partial charge in [-0.2, -0.15) is 0 Å². The molecule has 0 bridgehead atoms. The highest BCUT2D eigenvalue weighted by Crippen LogP contribution is 2.01. The summed E-state index contributed by atoms with van der Waals surface area (Å²) in [7, 11) is 0. The third-order valence-electron chi connectivity index (χ3n) is 1.55. The SMILES string of the molecule is CCC(=N)C(C)C(C)=N. The lowest BCUT2D eigenvalue weighted by atomic mass is 9.99. The van der Waals surface area contributed by atoms with Crippen LogP contribution in [0.1, 0.15) is 27.2 Å². The zero-order valence-corrected chi connectivity index (χ0v) is 6.28. The Balaban J connectivity index is 3.88. The third-order valence-corrected chi connectivity index (χ3v) is 1.55. The van der Waals surface area contributed by atoms with E-state index >= 15 is 0 Å². The summed E-state index contributed by atoms with van der Waals surface area (Å²) in [6, 6.07) is 0. The van der Waals surface area contributed by atoms with Crippen molar-refractivity contribution in [1.82, 2.24) is 0 Å². The molecule has 0 aliphatic rings. The lowest BCUT2D eigenvalue weighted by Crippen LogP contribution is -2.15. The summed E-state index contributed by atoms with van der Waals surface area (Å²) in [6.45, 7) is 5.59. The van der Waals surface area contributed by atoms with Gasteiger partial charge in [0.1, 0.15) is 0 Å². The highest BCUT2D eigenvalue weighted by atomic mass is 14.5. The molecular formula is C7H14N2. The van der Waals surface area contributed by atoms with Crippen molar-refractivity contribution in [3.63, 3.8) is 0 Å². The van der Waals surface area contributed by atoms with Crippen LogP contribution in [0.2, 0.25) is 0 Å². The number of hydrogen-bond acceptors (Lipinski definition) is 2. The quantitative estimate of drug-likeness (QED) is 0.544. The van der Waals surface area contributed by atoms with E-state index in [0.717, 1.165) is 6.42 Å². The van der Waals surface area contributed by atoms with Crippen molar-refractivity contribution >= 4 is 11.4 Å². The van der Waals surface area contributed by atoms with Crippen molar-refractivity contribution in [3.8, 4) is 0 Å². The highest BCUT2D eigenvalue weighted by Gasteiger charge is 2.07. The topological polar surface area (TPSA) is 47.7 Å². The Hall–Kier alpha value is -0.660. The fourth-order valence-corrected chi connectivity index (χ4v) is 0.568. The molecule has 0 aliphatic carbocycles. The van der Waals surface area contributed by atoms with Gasteiger partial charge in [-0.25, -0.2) is 0 Å². The first-order valence-corrected chi connectivity index (χ1v) is 3.22. The van der Waals surface area contributed by atoms with Crippen molar-refractivity contribution in [3.05, 3.63) is 0 Å². The summed E-state index contributed by atoms with van der Waals surface area (Å²) in [5, 5.41) is 14.5. The molecule has 0 heterocycles. The van der Waals surface area contributed by atoms with Gasteiger partial charge in [0.05, 0.1) is 0 Å². The Morgan fingerprint density at radius 2 is 1.89 bits per heavy atom. The molecule has 0 aliphatic heterocycles. The van der Waals surface area contributed by atoms with Crippen LogP contribution in [0.4, 0.5) is 0 Å². The molecule has 0 aromatic carbocycles. The molecule has 1 unspecified atom stereocenters. The van der Waals surface area contributed by atoms with Gasteiger partial charge in [-0.3, -0.25) is 0 Å². The molecule has 0 fully saturated rings. The van der Waals surface area contributed by atoms with Crippen LogP contribution >= 0.6 is 0 Å². The summed E-state index contributed by atoms with van der Waals surface area (Å²) in [4.78, 5) is 0. The van der Waals surface area contributed by atoms with Gasteiger partial charge in [0.15, 0.2) is 0 Å². The molecule has 2 heteroatoms. The van der Waals surface area contributed by atoms with E-state index < -0.39 is 0 Å². The molecule has 0 aromatic rings. The first-order valence-electron chi connectivity index (χ1n) is 3.22. The van der Waals surface area contributed by atoms with E-state index in [1.54, 1.807) is 6.92 Å². The maximum atomic E-state index is 7.33. The summed E-state index contributed by atoms with van der Waals surface area (Å²) < 4.78 is 0. The van der Waals surface area contributed by atoms with E-state index in [0.29, 0.717) is 11.4 Å². The van der Waals surface area contributed by atoms with E-state index in [2.05, 4.69) is 0 Å². The molecule has 52 valence electrons. The van der Waals surface area contributed by atoms with Crippen LogP contribution in [0.25, 0.3) is 0 Å². The van der Waals surface area contributed by atoms with Crippen molar-refractivity contribution < 1.29 is 0 Å². The van der Waals surface area contributed by atoms with Crippen molar-refractivity contribution in [2.24, 2.45) is 5.92 Å². The largest absolute Gasteiger partial charge is 0.309 e. The molecule has 0 radical (unpaired) electrons. The average Bonchev–Trinajstić information content (AvgIpc) is 1.84. The van der Waals surface area contributed by atoms with Crippen LogP contribution in [0.5, 0.6) is 0 Å². The second-order valence-corrected chi connectivity index (χ2v) is 2.28. The summed E-state index contributed by atoms with van der Waals surface area (Å²) in [5.41, 5.74) is 1.24. The first-order chi connectivity index (χ1) is 4.09. The van der Waals surface area contributed by atoms with Gasteiger partial charge in [0, 0.05) is 17.3 Å². The minimum Gasteiger partial charge on any atom is -0.309 e. The van der Waals surface area contributed by atoms with Crippen LogP contribution in [-0.4, -0.2) is 11.4 Å². The van der Waals surface area contributed by atoms with E-state index in [1.807, 2.05) is 13.8 Å². The second-order valence-electron chi connectivity index (χ2n) is 2.28. The maximum absolute atomic E-state index is 7.33. The molecule has 0 amide bonds. The predicted octanol–water partition coefficient (Wildman–Crippen LogP) is 2.09. The Labute approximate surface area is 56.3 Å². The van der Waals surface area contributed by atoms with Gasteiger partial charge < -0.3 is 10.8 Å². The summed E-state index contributed by atoms with van der Waals surface area (Å²) in [6.07, 6.45) is 0.761. The summed E-state index contributed by atoms with van der Waals surface area (Å²) >= 11 is 0. The number of nitrogens with one attached hydrogen (secondary N) is 2. The molecule has 0 aromatic heterocycles. The Bertz CT molecular complexity index is 127. The fraction of sp³-hybridized carbons (Fsp3) is 0.714. The molecule has 0 saturated heterocycles. The normalized spacial score (nSPS) is 12.8. The minimum atomic E-state index is 0.0509. The van der Waals surface area contributed by atoms with Gasteiger partial charge in [-0.15, -0.1) is 0 Å². The molecular weight excluding hydrogens is 112 g/mol. The molecule has 2 nitrogen and oxygen atoms in total. The van der Waals surface area contributed by atoms with Gasteiger partial charge in [-0.05, 0) is 13.3 Å². The molecule has 2 N–H and O–H groups in total. The zero-order chi connectivity index (χ0) is 7.44. The minimum absolute atomic E-state index is 0.0509. The standard InChI is InChI=1S/C7H14N2/c1-4-7(9)5(2)6(3)8/h5,8-9H,4H2,1-3H3. The zero-order valence-electron chi connectivity index (χ0n) is 6.28. The van der Waals surface area contributed by atoms with Gasteiger partial charge in [0.2, 0.25) is 0 Å². The number of rotatable bonds is 3. The Kier molecular flexibility index (Phi) is 3.13. The van der Waals surface area contributed by atoms with E-state index in [-0.39, 0.29) is 5.92 Å². The Morgan fingerprint density at radius 3 is 2.00 bits per heavy atom. The molecule has 1 atom stereocenters. The van der Waals surface area contributed by atoms with Crippen LogP contribution < -0.4 is 0 Å². The molecule has 0 spiro atoms. The molecule has 9 heavy (non-hydrogen) atoms. The second kappa shape index (κ2) is 3.38. The van der Waals surface area contributed by atoms with Crippen molar-refractivity contribution in [2.75, 3.05) is 0 Å². The van der Waals surface area contributed by atoms with E-state index in [4.69, 9.17) is 10.8 Å². The third kappa shape index (κ3) is 2.40. The first kappa shape index (κ1) is 8.34. The smallest absolute Gasteiger partial charge is 0.0312 e.